The third-order valence-electron chi connectivity index (χ3n) is 6.01. The number of esters is 2. The number of carbonyl (C=O) groups excluding carboxylic acids is 2. The molecule has 0 aliphatic carbocycles. The molecule has 4 atom stereocenters. The first kappa shape index (κ1) is 28.7. The molecular weight excluding hydrogens is 376 g/mol. The van der Waals surface area contributed by atoms with Gasteiger partial charge in [-0.05, 0) is 49.4 Å². The molecule has 30 heavy (non-hydrogen) atoms. The average Bonchev–Trinajstić information content (AvgIpc) is 2.71. The predicted octanol–water partition coefficient (Wildman–Crippen LogP) is 7.11. The lowest BCUT2D eigenvalue weighted by molar-refractivity contribution is -0.151. The molecule has 0 spiro atoms. The third-order valence-corrected chi connectivity index (χ3v) is 6.01. The van der Waals surface area contributed by atoms with Gasteiger partial charge in [-0.3, -0.25) is 0 Å². The molecule has 0 heterocycles. The summed E-state index contributed by atoms with van der Waals surface area (Å²) in [6.45, 7) is 17.0. The molecule has 0 aliphatic rings. The number of unbranched alkanes of at least 4 members (excludes halogenated alkanes) is 2. The Hall–Kier alpha value is -1.32. The van der Waals surface area contributed by atoms with E-state index >= 15 is 0 Å². The van der Waals surface area contributed by atoms with Crippen LogP contribution in [0, 0.1) is 23.7 Å². The number of rotatable bonds is 16. The molecule has 0 amide bonds. The zero-order chi connectivity index (χ0) is 23.1. The van der Waals surface area contributed by atoms with E-state index in [0.29, 0.717) is 11.8 Å². The van der Waals surface area contributed by atoms with Crippen LogP contribution in [-0.4, -0.2) is 24.1 Å². The van der Waals surface area contributed by atoms with Crippen molar-refractivity contribution in [3.05, 3.63) is 12.2 Å². The minimum atomic E-state index is -0.459. The normalized spacial score (nSPS) is 15.9. The van der Waals surface area contributed by atoms with E-state index in [2.05, 4.69) is 55.4 Å². The van der Waals surface area contributed by atoms with Crippen LogP contribution < -0.4 is 0 Å². The summed E-state index contributed by atoms with van der Waals surface area (Å²) >= 11 is 0. The van der Waals surface area contributed by atoms with E-state index < -0.39 is 11.9 Å². The number of hydrogen-bond donors (Lipinski definition) is 0. The highest BCUT2D eigenvalue weighted by Gasteiger charge is 2.27. The highest BCUT2D eigenvalue weighted by molar-refractivity contribution is 5.91. The van der Waals surface area contributed by atoms with Crippen LogP contribution in [0.1, 0.15) is 107 Å². The fourth-order valence-corrected chi connectivity index (χ4v) is 4.17. The summed E-state index contributed by atoms with van der Waals surface area (Å²) in [4.78, 5) is 24.8. The number of ether oxygens (including phenoxy) is 2. The lowest BCUT2D eigenvalue weighted by atomic mass is 9.87. The van der Waals surface area contributed by atoms with Crippen molar-refractivity contribution in [3.63, 3.8) is 0 Å². The highest BCUT2D eigenvalue weighted by atomic mass is 16.5. The summed E-state index contributed by atoms with van der Waals surface area (Å²) in [5, 5.41) is 0. The molecule has 4 heteroatoms. The third kappa shape index (κ3) is 11.2. The zero-order valence-electron chi connectivity index (χ0n) is 20.9. The van der Waals surface area contributed by atoms with Gasteiger partial charge >= 0.3 is 11.9 Å². The maximum atomic E-state index is 12.4. The fraction of sp³-hybridized carbons (Fsp3) is 0.846. The first-order chi connectivity index (χ1) is 14.2. The van der Waals surface area contributed by atoms with Gasteiger partial charge in [-0.2, -0.15) is 0 Å². The molecule has 0 aromatic rings. The topological polar surface area (TPSA) is 52.6 Å². The van der Waals surface area contributed by atoms with Crippen molar-refractivity contribution < 1.29 is 19.1 Å². The van der Waals surface area contributed by atoms with Crippen LogP contribution in [0.4, 0.5) is 0 Å². The minimum absolute atomic E-state index is 0.128. The van der Waals surface area contributed by atoms with E-state index in [1.54, 1.807) is 0 Å². The van der Waals surface area contributed by atoms with Crippen molar-refractivity contribution in [2.75, 3.05) is 0 Å². The van der Waals surface area contributed by atoms with Gasteiger partial charge in [0.05, 0.1) is 0 Å². The molecule has 0 bridgehead atoms. The minimum Gasteiger partial charge on any atom is -0.459 e. The largest absolute Gasteiger partial charge is 0.459 e. The maximum absolute atomic E-state index is 12.4. The summed E-state index contributed by atoms with van der Waals surface area (Å²) in [5.74, 6) is 0.266. The van der Waals surface area contributed by atoms with Crippen LogP contribution in [0.25, 0.3) is 0 Å². The number of carbonyl (C=O) groups is 2. The Balaban J connectivity index is 4.97. The Kier molecular flexibility index (Phi) is 15.7. The zero-order valence-corrected chi connectivity index (χ0v) is 20.9. The lowest BCUT2D eigenvalue weighted by Crippen LogP contribution is -2.32. The Morgan fingerprint density at radius 2 is 1.00 bits per heavy atom. The van der Waals surface area contributed by atoms with Crippen LogP contribution in [-0.2, 0) is 19.1 Å². The first-order valence-corrected chi connectivity index (χ1v) is 12.3. The molecule has 0 N–H and O–H groups in total. The van der Waals surface area contributed by atoms with Crippen molar-refractivity contribution in [2.45, 2.75) is 119 Å². The summed E-state index contributed by atoms with van der Waals surface area (Å²) in [6.07, 6.45) is 10.8. The van der Waals surface area contributed by atoms with Crippen molar-refractivity contribution in [2.24, 2.45) is 23.7 Å². The second-order valence-electron chi connectivity index (χ2n) is 9.25. The fourth-order valence-electron chi connectivity index (χ4n) is 4.17. The molecule has 0 rings (SSSR count). The highest BCUT2D eigenvalue weighted by Crippen LogP contribution is 2.26. The molecule has 0 saturated carbocycles. The molecule has 0 aliphatic heterocycles. The van der Waals surface area contributed by atoms with Gasteiger partial charge < -0.3 is 9.47 Å². The molecular formula is C26H48O4. The Labute approximate surface area is 186 Å². The molecule has 0 fully saturated rings. The molecule has 0 saturated heterocycles. The Morgan fingerprint density at radius 3 is 1.23 bits per heavy atom. The van der Waals surface area contributed by atoms with Crippen LogP contribution in [0.2, 0.25) is 0 Å². The second kappa shape index (κ2) is 16.4. The molecule has 4 unspecified atom stereocenters. The van der Waals surface area contributed by atoms with Gasteiger partial charge in [0.25, 0.3) is 0 Å². The SMILES string of the molecule is CCCCC(CC)C(OC(=O)/C=C\C(=O)OC(C(C)C)C(CC)CCCC)C(C)C. The van der Waals surface area contributed by atoms with Crippen LogP contribution >= 0.6 is 0 Å². The predicted molar refractivity (Wildman–Crippen MR) is 125 cm³/mol. The van der Waals surface area contributed by atoms with Crippen LogP contribution in [0.3, 0.4) is 0 Å². The molecule has 176 valence electrons. The van der Waals surface area contributed by atoms with E-state index in [9.17, 15) is 9.59 Å². The van der Waals surface area contributed by atoms with Crippen molar-refractivity contribution in [1.29, 1.82) is 0 Å². The van der Waals surface area contributed by atoms with E-state index in [1.807, 2.05) is 0 Å². The van der Waals surface area contributed by atoms with Crippen molar-refractivity contribution in [1.82, 2.24) is 0 Å². The van der Waals surface area contributed by atoms with Crippen molar-refractivity contribution >= 4 is 11.9 Å². The van der Waals surface area contributed by atoms with Gasteiger partial charge in [0.15, 0.2) is 0 Å². The molecule has 0 radical (unpaired) electrons. The molecule has 0 aromatic heterocycles. The molecule has 4 nitrogen and oxygen atoms in total. The van der Waals surface area contributed by atoms with Crippen LogP contribution in [0.5, 0.6) is 0 Å². The van der Waals surface area contributed by atoms with Crippen molar-refractivity contribution in [3.8, 4) is 0 Å². The van der Waals surface area contributed by atoms with Gasteiger partial charge in [0.1, 0.15) is 12.2 Å². The number of hydrogen-bond acceptors (Lipinski definition) is 4. The Morgan fingerprint density at radius 1 is 0.667 bits per heavy atom. The Bertz CT molecular complexity index is 451. The van der Waals surface area contributed by atoms with Gasteiger partial charge in [-0.15, -0.1) is 0 Å². The molecule has 0 aromatic carbocycles. The summed E-state index contributed by atoms with van der Waals surface area (Å²) in [7, 11) is 0. The standard InChI is InChI=1S/C26H48O4/c1-9-13-15-21(11-3)25(19(5)6)29-23(27)17-18-24(28)30-26(20(7)8)22(12-4)16-14-10-2/h17-22,25-26H,9-16H2,1-8H3/b18-17-. The average molecular weight is 425 g/mol. The van der Waals surface area contributed by atoms with E-state index in [-0.39, 0.29) is 24.0 Å². The van der Waals surface area contributed by atoms with E-state index in [1.165, 1.54) is 12.2 Å². The summed E-state index contributed by atoms with van der Waals surface area (Å²) in [5.41, 5.74) is 0. The monoisotopic (exact) mass is 424 g/mol. The van der Waals surface area contributed by atoms with Gasteiger partial charge in [-0.1, -0.05) is 81.1 Å². The maximum Gasteiger partial charge on any atom is 0.331 e. The van der Waals surface area contributed by atoms with Crippen LogP contribution in [0.15, 0.2) is 12.2 Å². The lowest BCUT2D eigenvalue weighted by Gasteiger charge is -2.29. The van der Waals surface area contributed by atoms with E-state index in [0.717, 1.165) is 51.4 Å². The van der Waals surface area contributed by atoms with E-state index in [4.69, 9.17) is 9.47 Å². The van der Waals surface area contributed by atoms with Gasteiger partial charge in [-0.25, -0.2) is 9.59 Å². The quantitative estimate of drug-likeness (QED) is 0.196. The van der Waals surface area contributed by atoms with Gasteiger partial charge in [0.2, 0.25) is 0 Å². The second-order valence-corrected chi connectivity index (χ2v) is 9.25. The summed E-state index contributed by atoms with van der Waals surface area (Å²) < 4.78 is 11.5. The van der Waals surface area contributed by atoms with Gasteiger partial charge in [0, 0.05) is 12.2 Å². The first-order valence-electron chi connectivity index (χ1n) is 12.3. The summed E-state index contributed by atoms with van der Waals surface area (Å²) in [6, 6.07) is 0. The smallest absolute Gasteiger partial charge is 0.331 e.